The highest BCUT2D eigenvalue weighted by molar-refractivity contribution is 7.21. The van der Waals surface area contributed by atoms with Crippen LogP contribution in [0.2, 0.25) is 0 Å². The van der Waals surface area contributed by atoms with E-state index in [-0.39, 0.29) is 5.78 Å². The number of Topliss-reactive ketones (excluding diaryl/α,β-unsaturated/α-hetero) is 1. The third kappa shape index (κ3) is 3.04. The molecule has 0 spiro atoms. The van der Waals surface area contributed by atoms with E-state index in [0.717, 1.165) is 38.4 Å². The normalized spacial score (nSPS) is 10.9. The number of benzene rings is 1. The van der Waals surface area contributed by atoms with Crippen LogP contribution in [0.25, 0.3) is 32.6 Å². The van der Waals surface area contributed by atoms with E-state index in [9.17, 15) is 4.79 Å². The third-order valence-corrected chi connectivity index (χ3v) is 5.58. The van der Waals surface area contributed by atoms with Crippen LogP contribution in [0.15, 0.2) is 54.9 Å². The number of ketones is 1. The Bertz CT molecular complexity index is 1140. The van der Waals surface area contributed by atoms with Gasteiger partial charge in [0.15, 0.2) is 5.78 Å². The summed E-state index contributed by atoms with van der Waals surface area (Å²) in [6, 6.07) is 13.6. The second-order valence-corrected chi connectivity index (χ2v) is 7.11. The van der Waals surface area contributed by atoms with Crippen molar-refractivity contribution in [1.29, 1.82) is 0 Å². The van der Waals surface area contributed by atoms with Crippen molar-refractivity contribution in [3.05, 3.63) is 59.7 Å². The molecule has 0 fully saturated rings. The monoisotopic (exact) mass is 375 g/mol. The van der Waals surface area contributed by atoms with Gasteiger partial charge in [0.05, 0.1) is 23.4 Å². The van der Waals surface area contributed by atoms with Crippen LogP contribution in [0.1, 0.15) is 16.6 Å². The Hall–Kier alpha value is -3.25. The Morgan fingerprint density at radius 2 is 1.93 bits per heavy atom. The zero-order chi connectivity index (χ0) is 19.0. The highest BCUT2D eigenvalue weighted by atomic mass is 32.1. The maximum Gasteiger partial charge on any atom is 0.171 e. The van der Waals surface area contributed by atoms with E-state index in [4.69, 9.17) is 15.5 Å². The van der Waals surface area contributed by atoms with E-state index in [1.165, 1.54) is 18.3 Å². The summed E-state index contributed by atoms with van der Waals surface area (Å²) in [4.78, 5) is 22.2. The quantitative estimate of drug-likeness (QED) is 0.518. The Morgan fingerprint density at radius 1 is 1.15 bits per heavy atom. The minimum atomic E-state index is -0.0564. The van der Waals surface area contributed by atoms with Crippen molar-refractivity contribution < 1.29 is 9.53 Å². The number of ether oxygens (including phenoxy) is 1. The van der Waals surface area contributed by atoms with Gasteiger partial charge >= 0.3 is 0 Å². The number of aromatic nitrogens is 2. The summed E-state index contributed by atoms with van der Waals surface area (Å²) in [5.74, 6) is 0.721. The van der Waals surface area contributed by atoms with Crippen LogP contribution in [0.5, 0.6) is 5.75 Å². The molecule has 1 aromatic carbocycles. The second kappa shape index (κ2) is 6.81. The maximum absolute atomic E-state index is 12.0. The predicted molar refractivity (Wildman–Crippen MR) is 109 cm³/mol. The Kier molecular flexibility index (Phi) is 4.33. The number of nitrogens with two attached hydrogens (primary N) is 1. The molecule has 6 heteroatoms. The number of hydrogen-bond acceptors (Lipinski definition) is 6. The summed E-state index contributed by atoms with van der Waals surface area (Å²) < 4.78 is 5.26. The fraction of sp³-hybridized carbons (Fsp3) is 0.0952. The number of nitrogen functional groups attached to an aromatic ring is 1. The second-order valence-electron chi connectivity index (χ2n) is 6.11. The zero-order valence-corrected chi connectivity index (χ0v) is 15.7. The van der Waals surface area contributed by atoms with Crippen molar-refractivity contribution in [1.82, 2.24) is 9.97 Å². The van der Waals surface area contributed by atoms with Gasteiger partial charge < -0.3 is 10.5 Å². The van der Waals surface area contributed by atoms with Gasteiger partial charge in [-0.15, -0.1) is 11.3 Å². The molecule has 0 saturated carbocycles. The van der Waals surface area contributed by atoms with Gasteiger partial charge in [0.2, 0.25) is 0 Å². The van der Waals surface area contributed by atoms with Crippen molar-refractivity contribution in [2.75, 3.05) is 12.8 Å². The number of thiophene rings is 1. The molecule has 0 amide bonds. The van der Waals surface area contributed by atoms with Crippen LogP contribution in [-0.4, -0.2) is 22.9 Å². The molecule has 0 saturated heterocycles. The maximum atomic E-state index is 12.0. The number of hydrogen-bond donors (Lipinski definition) is 1. The summed E-state index contributed by atoms with van der Waals surface area (Å²) in [5, 5.41) is 0.808. The summed E-state index contributed by atoms with van der Waals surface area (Å²) in [5.41, 5.74) is 10.4. The summed E-state index contributed by atoms with van der Waals surface area (Å²) >= 11 is 1.33. The van der Waals surface area contributed by atoms with Crippen LogP contribution in [0.4, 0.5) is 5.69 Å². The summed E-state index contributed by atoms with van der Waals surface area (Å²) in [6.45, 7) is 1.52. The van der Waals surface area contributed by atoms with Crippen molar-refractivity contribution >= 4 is 33.0 Å². The molecule has 4 aromatic rings. The van der Waals surface area contributed by atoms with Crippen LogP contribution < -0.4 is 10.5 Å². The Morgan fingerprint density at radius 3 is 2.56 bits per heavy atom. The smallest absolute Gasteiger partial charge is 0.171 e. The number of anilines is 1. The van der Waals surface area contributed by atoms with E-state index in [1.54, 1.807) is 19.5 Å². The number of rotatable bonds is 4. The van der Waals surface area contributed by atoms with Gasteiger partial charge in [0.1, 0.15) is 10.6 Å². The minimum Gasteiger partial charge on any atom is -0.497 e. The molecule has 0 radical (unpaired) electrons. The van der Waals surface area contributed by atoms with E-state index >= 15 is 0 Å². The van der Waals surface area contributed by atoms with E-state index in [1.807, 2.05) is 42.5 Å². The molecule has 0 atom stereocenters. The number of fused-ring (bicyclic) bond motifs is 1. The average Bonchev–Trinajstić information content (AvgIpc) is 3.05. The van der Waals surface area contributed by atoms with E-state index in [2.05, 4.69) is 4.98 Å². The molecule has 0 bridgehead atoms. The van der Waals surface area contributed by atoms with Crippen LogP contribution in [-0.2, 0) is 0 Å². The number of nitrogens with zero attached hydrogens (tertiary/aromatic N) is 2. The molecular weight excluding hydrogens is 358 g/mol. The lowest BCUT2D eigenvalue weighted by Crippen LogP contribution is -1.95. The third-order valence-electron chi connectivity index (χ3n) is 4.38. The lowest BCUT2D eigenvalue weighted by Gasteiger charge is -2.09. The Labute approximate surface area is 160 Å². The fourth-order valence-corrected chi connectivity index (χ4v) is 4.06. The van der Waals surface area contributed by atoms with Crippen molar-refractivity contribution in [2.24, 2.45) is 0 Å². The molecule has 3 aromatic heterocycles. The highest BCUT2D eigenvalue weighted by Gasteiger charge is 2.19. The number of carbonyl (C=O) groups is 1. The lowest BCUT2D eigenvalue weighted by atomic mass is 9.99. The van der Waals surface area contributed by atoms with Crippen molar-refractivity contribution in [2.45, 2.75) is 6.92 Å². The number of carbonyl (C=O) groups excluding carboxylic acids is 1. The van der Waals surface area contributed by atoms with Gasteiger partial charge in [-0.2, -0.15) is 0 Å². The first-order valence-electron chi connectivity index (χ1n) is 8.37. The first kappa shape index (κ1) is 17.2. The first-order chi connectivity index (χ1) is 13.1. The standard InChI is InChI=1S/C21H17N3O2S/c1-12(25)20-19(22)18-16(13-5-7-15(26-2)8-6-13)10-17(24-21(18)27-20)14-4-3-9-23-11-14/h3-11H,22H2,1-2H3. The highest BCUT2D eigenvalue weighted by Crippen LogP contribution is 2.41. The summed E-state index contributed by atoms with van der Waals surface area (Å²) in [6.07, 6.45) is 3.50. The van der Waals surface area contributed by atoms with Crippen molar-refractivity contribution in [3.8, 4) is 28.1 Å². The molecule has 27 heavy (non-hydrogen) atoms. The summed E-state index contributed by atoms with van der Waals surface area (Å²) in [7, 11) is 1.64. The molecule has 4 rings (SSSR count). The molecule has 0 aliphatic carbocycles. The molecular formula is C21H17N3O2S. The SMILES string of the molecule is COc1ccc(-c2cc(-c3cccnc3)nc3sc(C(C)=O)c(N)c23)cc1. The largest absolute Gasteiger partial charge is 0.497 e. The lowest BCUT2D eigenvalue weighted by molar-refractivity contribution is 0.102. The molecule has 3 heterocycles. The first-order valence-corrected chi connectivity index (χ1v) is 9.19. The van der Waals surface area contributed by atoms with Crippen LogP contribution >= 0.6 is 11.3 Å². The molecule has 0 unspecified atom stereocenters. The van der Waals surface area contributed by atoms with Crippen molar-refractivity contribution in [3.63, 3.8) is 0 Å². The van der Waals surface area contributed by atoms with Gasteiger partial charge in [0.25, 0.3) is 0 Å². The van der Waals surface area contributed by atoms with Gasteiger partial charge in [-0.3, -0.25) is 9.78 Å². The molecule has 5 nitrogen and oxygen atoms in total. The molecule has 0 aliphatic rings. The van der Waals surface area contributed by atoms with Gasteiger partial charge in [0, 0.05) is 30.3 Å². The Balaban J connectivity index is 2.02. The van der Waals surface area contributed by atoms with E-state index in [0.29, 0.717) is 10.6 Å². The minimum absolute atomic E-state index is 0.0564. The number of pyridine rings is 2. The average molecular weight is 375 g/mol. The van der Waals surface area contributed by atoms with Gasteiger partial charge in [-0.1, -0.05) is 12.1 Å². The molecule has 0 aliphatic heterocycles. The zero-order valence-electron chi connectivity index (χ0n) is 14.9. The van der Waals surface area contributed by atoms with E-state index < -0.39 is 0 Å². The van der Waals surface area contributed by atoms with Gasteiger partial charge in [-0.05, 0) is 41.5 Å². The predicted octanol–water partition coefficient (Wildman–Crippen LogP) is 4.82. The topological polar surface area (TPSA) is 78.1 Å². The molecule has 134 valence electrons. The fourth-order valence-electron chi connectivity index (χ4n) is 3.04. The van der Waals surface area contributed by atoms with Crippen LogP contribution in [0.3, 0.4) is 0 Å². The number of methoxy groups -OCH3 is 1. The van der Waals surface area contributed by atoms with Crippen LogP contribution in [0, 0.1) is 0 Å². The van der Waals surface area contributed by atoms with Gasteiger partial charge in [-0.25, -0.2) is 4.98 Å². The molecule has 2 N–H and O–H groups in total.